The van der Waals surface area contributed by atoms with Crippen LogP contribution in [0.4, 0.5) is 4.79 Å². The molecule has 0 aliphatic carbocycles. The molecule has 0 aromatic heterocycles. The van der Waals surface area contributed by atoms with Crippen LogP contribution in [0.15, 0.2) is 21.7 Å². The van der Waals surface area contributed by atoms with Crippen molar-refractivity contribution < 1.29 is 19.1 Å². The molecule has 8 heteroatoms. The van der Waals surface area contributed by atoms with Gasteiger partial charge in [-0.25, -0.2) is 9.80 Å². The first-order valence-corrected chi connectivity index (χ1v) is 8.09. The number of nitrogens with zero attached hydrogens (tertiary/aromatic N) is 2. The Labute approximate surface area is 142 Å². The molecule has 1 aromatic rings. The summed E-state index contributed by atoms with van der Waals surface area (Å²) in [5.41, 5.74) is 0.719. The number of hydrogen-bond acceptors (Lipinski definition) is 5. The lowest BCUT2D eigenvalue weighted by molar-refractivity contribution is -0.118. The van der Waals surface area contributed by atoms with Gasteiger partial charge in [0, 0.05) is 0 Å². The molecule has 1 N–H and O–H groups in total. The molecule has 1 saturated heterocycles. The van der Waals surface area contributed by atoms with Crippen molar-refractivity contribution in [3.63, 3.8) is 0 Å². The van der Waals surface area contributed by atoms with E-state index in [4.69, 9.17) is 9.47 Å². The zero-order valence-corrected chi connectivity index (χ0v) is 14.6. The summed E-state index contributed by atoms with van der Waals surface area (Å²) < 4.78 is 12.0. The number of carbonyl (C=O) groups is 2. The number of carbonyl (C=O) groups excluding carboxylic acids is 2. The second-order valence-electron chi connectivity index (χ2n) is 4.77. The van der Waals surface area contributed by atoms with Crippen LogP contribution in [0.2, 0.25) is 0 Å². The molecule has 1 aliphatic heterocycles. The zero-order chi connectivity index (χ0) is 16.8. The first-order valence-electron chi connectivity index (χ1n) is 7.29. The first-order chi connectivity index (χ1) is 11.0. The highest BCUT2D eigenvalue weighted by Gasteiger charge is 2.26. The van der Waals surface area contributed by atoms with Crippen LogP contribution in [0.1, 0.15) is 25.8 Å². The number of imide groups is 1. The van der Waals surface area contributed by atoms with Crippen LogP contribution >= 0.6 is 15.9 Å². The van der Waals surface area contributed by atoms with Crippen molar-refractivity contribution in [2.75, 3.05) is 19.8 Å². The van der Waals surface area contributed by atoms with Gasteiger partial charge in [0.15, 0.2) is 11.5 Å². The smallest absolute Gasteiger partial charge is 0.344 e. The molecule has 0 spiro atoms. The third kappa shape index (κ3) is 4.44. The van der Waals surface area contributed by atoms with Crippen LogP contribution in [0.5, 0.6) is 11.5 Å². The maximum absolute atomic E-state index is 11.4. The van der Waals surface area contributed by atoms with E-state index in [9.17, 15) is 9.59 Å². The van der Waals surface area contributed by atoms with Crippen LogP contribution in [0.3, 0.4) is 0 Å². The number of nitrogens with one attached hydrogen (secondary N) is 1. The van der Waals surface area contributed by atoms with Gasteiger partial charge in [0.25, 0.3) is 0 Å². The fraction of sp³-hybridized carbons (Fsp3) is 0.400. The molecule has 1 aliphatic rings. The van der Waals surface area contributed by atoms with E-state index < -0.39 is 6.03 Å². The third-order valence-electron chi connectivity index (χ3n) is 2.90. The summed E-state index contributed by atoms with van der Waals surface area (Å²) in [6, 6.07) is 3.06. The van der Waals surface area contributed by atoms with Gasteiger partial charge in [-0.1, -0.05) is 6.92 Å². The molecule has 0 unspecified atom stereocenters. The van der Waals surface area contributed by atoms with Gasteiger partial charge < -0.3 is 9.47 Å². The van der Waals surface area contributed by atoms with Crippen LogP contribution < -0.4 is 14.8 Å². The molecular weight excluding hydrogens is 366 g/mol. The summed E-state index contributed by atoms with van der Waals surface area (Å²) in [6.07, 6.45) is 2.38. The zero-order valence-electron chi connectivity index (χ0n) is 13.0. The Kier molecular flexibility index (Phi) is 5.97. The monoisotopic (exact) mass is 383 g/mol. The van der Waals surface area contributed by atoms with Crippen LogP contribution in [0, 0.1) is 0 Å². The van der Waals surface area contributed by atoms with Crippen molar-refractivity contribution in [2.24, 2.45) is 5.10 Å². The summed E-state index contributed by atoms with van der Waals surface area (Å²) in [5.74, 6) is 0.866. The Bertz CT molecular complexity index is 633. The summed E-state index contributed by atoms with van der Waals surface area (Å²) >= 11 is 3.46. The minimum absolute atomic E-state index is 0.0769. The van der Waals surface area contributed by atoms with Gasteiger partial charge in [-0.3, -0.25) is 10.1 Å². The maximum atomic E-state index is 11.4. The summed E-state index contributed by atoms with van der Waals surface area (Å²) in [4.78, 5) is 22.6. The number of hydrogen-bond donors (Lipinski definition) is 1. The fourth-order valence-corrected chi connectivity index (χ4v) is 2.50. The van der Waals surface area contributed by atoms with E-state index in [0.717, 1.165) is 21.5 Å². The minimum Gasteiger partial charge on any atom is -0.490 e. The van der Waals surface area contributed by atoms with Crippen molar-refractivity contribution in [3.05, 3.63) is 22.2 Å². The van der Waals surface area contributed by atoms with E-state index >= 15 is 0 Å². The van der Waals surface area contributed by atoms with Gasteiger partial charge in [-0.2, -0.15) is 5.10 Å². The third-order valence-corrected chi connectivity index (χ3v) is 3.49. The largest absolute Gasteiger partial charge is 0.490 e. The predicted octanol–water partition coefficient (Wildman–Crippen LogP) is 2.52. The molecule has 3 amide bonds. The quantitative estimate of drug-likeness (QED) is 0.579. The standard InChI is InChI=1S/C15H18BrN3O4/c1-3-5-23-14-11(16)6-10(7-12(14)22-4-2)8-17-19-9-13(20)18-15(19)21/h6-8H,3-5,9H2,1-2H3,(H,18,20,21)/b17-8-. The lowest BCUT2D eigenvalue weighted by Gasteiger charge is -2.14. The summed E-state index contributed by atoms with van der Waals surface area (Å²) in [7, 11) is 0. The lowest BCUT2D eigenvalue weighted by atomic mass is 10.2. The average molecular weight is 384 g/mol. The van der Waals surface area contributed by atoms with E-state index in [0.29, 0.717) is 24.7 Å². The van der Waals surface area contributed by atoms with Gasteiger partial charge in [-0.05, 0) is 47.0 Å². The number of benzene rings is 1. The molecule has 1 fully saturated rings. The van der Waals surface area contributed by atoms with Gasteiger partial charge in [-0.15, -0.1) is 0 Å². The van der Waals surface area contributed by atoms with E-state index in [1.54, 1.807) is 6.07 Å². The van der Waals surface area contributed by atoms with E-state index in [2.05, 4.69) is 26.3 Å². The maximum Gasteiger partial charge on any atom is 0.344 e. The molecule has 0 saturated carbocycles. The molecule has 2 rings (SSSR count). The Balaban J connectivity index is 2.22. The fourth-order valence-electron chi connectivity index (χ4n) is 1.93. The first kappa shape index (κ1) is 17.3. The topological polar surface area (TPSA) is 80.2 Å². The molecule has 0 atom stereocenters. The number of hydrazone groups is 1. The number of amides is 3. The van der Waals surface area contributed by atoms with Gasteiger partial charge in [0.2, 0.25) is 5.91 Å². The molecule has 23 heavy (non-hydrogen) atoms. The molecule has 1 aromatic carbocycles. The van der Waals surface area contributed by atoms with E-state index in [1.165, 1.54) is 6.21 Å². The molecular formula is C15H18BrN3O4. The summed E-state index contributed by atoms with van der Waals surface area (Å²) in [5, 5.41) is 7.24. The number of urea groups is 1. The van der Waals surface area contributed by atoms with E-state index in [-0.39, 0.29) is 12.5 Å². The Morgan fingerprint density at radius 3 is 2.74 bits per heavy atom. The molecule has 1 heterocycles. The van der Waals surface area contributed by atoms with Gasteiger partial charge >= 0.3 is 6.03 Å². The highest BCUT2D eigenvalue weighted by Crippen LogP contribution is 2.36. The van der Waals surface area contributed by atoms with Crippen molar-refractivity contribution in [3.8, 4) is 11.5 Å². The number of halogens is 1. The molecule has 0 radical (unpaired) electrons. The highest BCUT2D eigenvalue weighted by atomic mass is 79.9. The average Bonchev–Trinajstić information content (AvgIpc) is 2.82. The Morgan fingerprint density at radius 1 is 1.35 bits per heavy atom. The second kappa shape index (κ2) is 7.96. The Hall–Kier alpha value is -2.09. The lowest BCUT2D eigenvalue weighted by Crippen LogP contribution is -2.24. The predicted molar refractivity (Wildman–Crippen MR) is 88.9 cm³/mol. The molecule has 124 valence electrons. The van der Waals surface area contributed by atoms with Crippen LogP contribution in [-0.2, 0) is 4.79 Å². The molecule has 0 bridgehead atoms. The van der Waals surface area contributed by atoms with Crippen molar-refractivity contribution in [1.82, 2.24) is 10.3 Å². The van der Waals surface area contributed by atoms with Gasteiger partial charge in [0.1, 0.15) is 6.54 Å². The highest BCUT2D eigenvalue weighted by molar-refractivity contribution is 9.10. The van der Waals surface area contributed by atoms with Crippen LogP contribution in [0.25, 0.3) is 0 Å². The summed E-state index contributed by atoms with van der Waals surface area (Å²) in [6.45, 7) is 4.92. The van der Waals surface area contributed by atoms with Crippen molar-refractivity contribution in [1.29, 1.82) is 0 Å². The van der Waals surface area contributed by atoms with Crippen molar-refractivity contribution >= 4 is 34.1 Å². The molecule has 7 nitrogen and oxygen atoms in total. The van der Waals surface area contributed by atoms with Crippen LogP contribution in [-0.4, -0.2) is 42.9 Å². The minimum atomic E-state index is -0.529. The van der Waals surface area contributed by atoms with E-state index in [1.807, 2.05) is 19.9 Å². The second-order valence-corrected chi connectivity index (χ2v) is 5.62. The number of ether oxygens (including phenoxy) is 2. The number of rotatable bonds is 7. The Morgan fingerprint density at radius 2 is 2.13 bits per heavy atom. The van der Waals surface area contributed by atoms with Gasteiger partial charge in [0.05, 0.1) is 23.9 Å². The SMILES string of the molecule is CCCOc1c(Br)cc(/C=N\N2CC(=O)NC2=O)cc1OCC. The van der Waals surface area contributed by atoms with Crippen molar-refractivity contribution in [2.45, 2.75) is 20.3 Å². The normalized spacial score (nSPS) is 14.5.